The first-order chi connectivity index (χ1) is 10.2. The Kier molecular flexibility index (Phi) is 3.62. The Morgan fingerprint density at radius 2 is 2.38 bits per heavy atom. The molecule has 1 atom stereocenters. The lowest BCUT2D eigenvalue weighted by atomic mass is 10.0. The number of nitrogens with zero attached hydrogens (tertiary/aromatic N) is 2. The second-order valence-corrected chi connectivity index (χ2v) is 5.02. The van der Waals surface area contributed by atoms with Gasteiger partial charge in [-0.25, -0.2) is 4.79 Å². The molecule has 6 heteroatoms. The van der Waals surface area contributed by atoms with Gasteiger partial charge in [-0.15, -0.1) is 0 Å². The largest absolute Gasteiger partial charge is 0.465 e. The topological polar surface area (TPSA) is 79.4 Å². The number of ether oxygens (including phenoxy) is 2. The molecular weight excluding hydrogens is 270 g/mol. The molecule has 1 aliphatic rings. The van der Waals surface area contributed by atoms with Gasteiger partial charge in [-0.05, 0) is 24.1 Å². The number of methoxy groups -OCH3 is 1. The molecule has 2 aromatic rings. The Morgan fingerprint density at radius 1 is 1.52 bits per heavy atom. The van der Waals surface area contributed by atoms with Gasteiger partial charge in [-0.3, -0.25) is 4.68 Å². The fourth-order valence-electron chi connectivity index (χ4n) is 2.50. The number of benzene rings is 1. The van der Waals surface area contributed by atoms with E-state index in [1.54, 1.807) is 18.3 Å². The summed E-state index contributed by atoms with van der Waals surface area (Å²) in [6.07, 6.45) is 4.63. The first kappa shape index (κ1) is 13.6. The van der Waals surface area contributed by atoms with Crippen molar-refractivity contribution in [3.05, 3.63) is 36.2 Å². The van der Waals surface area contributed by atoms with E-state index in [2.05, 4.69) is 5.10 Å². The van der Waals surface area contributed by atoms with Crippen LogP contribution in [0, 0.1) is 0 Å². The highest BCUT2D eigenvalue weighted by Gasteiger charge is 2.20. The molecule has 6 nitrogen and oxygen atoms in total. The van der Waals surface area contributed by atoms with E-state index in [9.17, 15) is 4.79 Å². The summed E-state index contributed by atoms with van der Waals surface area (Å²) in [6, 6.07) is 5.46. The van der Waals surface area contributed by atoms with Gasteiger partial charge in [0.1, 0.15) is 0 Å². The second kappa shape index (κ2) is 5.57. The van der Waals surface area contributed by atoms with Gasteiger partial charge in [-0.1, -0.05) is 6.07 Å². The summed E-state index contributed by atoms with van der Waals surface area (Å²) >= 11 is 0. The fraction of sp³-hybridized carbons (Fsp3) is 0.333. The molecule has 1 aromatic heterocycles. The van der Waals surface area contributed by atoms with Crippen LogP contribution in [-0.4, -0.2) is 36.1 Å². The molecule has 0 bridgehead atoms. The minimum absolute atomic E-state index is 0.258. The van der Waals surface area contributed by atoms with Gasteiger partial charge < -0.3 is 15.2 Å². The zero-order valence-corrected chi connectivity index (χ0v) is 11.8. The highest BCUT2D eigenvalue weighted by atomic mass is 16.5. The van der Waals surface area contributed by atoms with Crippen molar-refractivity contribution in [2.24, 2.45) is 0 Å². The minimum atomic E-state index is -0.408. The van der Waals surface area contributed by atoms with Crippen LogP contribution in [0.1, 0.15) is 22.8 Å². The van der Waals surface area contributed by atoms with E-state index >= 15 is 0 Å². The van der Waals surface area contributed by atoms with E-state index in [0.717, 1.165) is 24.2 Å². The smallest absolute Gasteiger partial charge is 0.338 e. The van der Waals surface area contributed by atoms with Crippen molar-refractivity contribution in [3.8, 4) is 11.1 Å². The van der Waals surface area contributed by atoms with Crippen molar-refractivity contribution < 1.29 is 14.3 Å². The van der Waals surface area contributed by atoms with Crippen LogP contribution in [0.5, 0.6) is 0 Å². The number of hydrogen-bond donors (Lipinski definition) is 1. The predicted molar refractivity (Wildman–Crippen MR) is 77.9 cm³/mol. The Balaban J connectivity index is 1.98. The van der Waals surface area contributed by atoms with Gasteiger partial charge in [-0.2, -0.15) is 5.10 Å². The number of esters is 1. The van der Waals surface area contributed by atoms with Crippen molar-refractivity contribution in [1.82, 2.24) is 9.78 Å². The summed E-state index contributed by atoms with van der Waals surface area (Å²) < 4.78 is 12.1. The molecule has 1 aliphatic heterocycles. The zero-order chi connectivity index (χ0) is 14.8. The maximum atomic E-state index is 11.9. The van der Waals surface area contributed by atoms with Crippen LogP contribution < -0.4 is 5.73 Å². The Bertz CT molecular complexity index is 660. The zero-order valence-electron chi connectivity index (χ0n) is 11.8. The third-order valence-corrected chi connectivity index (χ3v) is 3.64. The van der Waals surface area contributed by atoms with Crippen LogP contribution in [-0.2, 0) is 9.47 Å². The Hall–Kier alpha value is -2.34. The first-order valence-electron chi connectivity index (χ1n) is 6.79. The first-order valence-corrected chi connectivity index (χ1v) is 6.79. The van der Waals surface area contributed by atoms with Crippen LogP contribution in [0.3, 0.4) is 0 Å². The number of anilines is 1. The average Bonchev–Trinajstić information content (AvgIpc) is 3.16. The van der Waals surface area contributed by atoms with E-state index < -0.39 is 5.97 Å². The molecule has 0 unspecified atom stereocenters. The van der Waals surface area contributed by atoms with Gasteiger partial charge in [0.2, 0.25) is 0 Å². The Labute approximate surface area is 122 Å². The van der Waals surface area contributed by atoms with E-state index in [4.69, 9.17) is 15.2 Å². The number of nitrogen functional groups attached to an aromatic ring is 1. The number of carbonyl (C=O) groups is 1. The number of aromatic nitrogens is 2. The molecule has 2 N–H and O–H groups in total. The molecule has 0 aliphatic carbocycles. The molecule has 0 saturated carbocycles. The van der Waals surface area contributed by atoms with E-state index in [1.807, 2.05) is 16.9 Å². The lowest BCUT2D eigenvalue weighted by Gasteiger charge is -2.08. The molecule has 21 heavy (non-hydrogen) atoms. The van der Waals surface area contributed by atoms with Crippen LogP contribution in [0.25, 0.3) is 11.1 Å². The van der Waals surface area contributed by atoms with Crippen molar-refractivity contribution in [2.45, 2.75) is 12.5 Å². The van der Waals surface area contributed by atoms with Crippen molar-refractivity contribution in [3.63, 3.8) is 0 Å². The molecule has 1 saturated heterocycles. The standard InChI is InChI=1S/C15H17N3O3/c1-20-15(19)14-6-11(16)2-3-13(14)10-7-17-18(8-10)12-4-5-21-9-12/h2-3,6-8,12H,4-5,9,16H2,1H3/t12-/m0/s1. The van der Waals surface area contributed by atoms with E-state index in [0.29, 0.717) is 17.9 Å². The van der Waals surface area contributed by atoms with Gasteiger partial charge in [0.25, 0.3) is 0 Å². The highest BCUT2D eigenvalue weighted by Crippen LogP contribution is 2.28. The normalized spacial score (nSPS) is 17.9. The monoisotopic (exact) mass is 287 g/mol. The highest BCUT2D eigenvalue weighted by molar-refractivity contribution is 5.98. The van der Waals surface area contributed by atoms with Gasteiger partial charge in [0.15, 0.2) is 0 Å². The number of nitrogens with two attached hydrogens (primary N) is 1. The Morgan fingerprint density at radius 3 is 3.10 bits per heavy atom. The maximum absolute atomic E-state index is 11.9. The molecule has 110 valence electrons. The summed E-state index contributed by atoms with van der Waals surface area (Å²) in [5.74, 6) is -0.408. The molecule has 0 spiro atoms. The molecule has 0 amide bonds. The molecule has 1 fully saturated rings. The van der Waals surface area contributed by atoms with Gasteiger partial charge >= 0.3 is 5.97 Å². The predicted octanol–water partition coefficient (Wildman–Crippen LogP) is 1.88. The summed E-state index contributed by atoms with van der Waals surface area (Å²) in [7, 11) is 1.36. The van der Waals surface area contributed by atoms with Crippen LogP contribution in [0.2, 0.25) is 0 Å². The maximum Gasteiger partial charge on any atom is 0.338 e. The van der Waals surface area contributed by atoms with Gasteiger partial charge in [0.05, 0.1) is 31.5 Å². The van der Waals surface area contributed by atoms with Gasteiger partial charge in [0, 0.05) is 24.1 Å². The summed E-state index contributed by atoms with van der Waals surface area (Å²) in [4.78, 5) is 11.9. The number of rotatable bonds is 3. The second-order valence-electron chi connectivity index (χ2n) is 5.02. The number of carbonyl (C=O) groups excluding carboxylic acids is 1. The summed E-state index contributed by atoms with van der Waals surface area (Å²) in [5, 5.41) is 4.38. The lowest BCUT2D eigenvalue weighted by molar-refractivity contribution is 0.0601. The van der Waals surface area contributed by atoms with Crippen molar-refractivity contribution in [2.75, 3.05) is 26.1 Å². The quantitative estimate of drug-likeness (QED) is 0.688. The summed E-state index contributed by atoms with van der Waals surface area (Å²) in [5.41, 5.74) is 8.35. The van der Waals surface area contributed by atoms with E-state index in [1.165, 1.54) is 7.11 Å². The third-order valence-electron chi connectivity index (χ3n) is 3.64. The SMILES string of the molecule is COC(=O)c1cc(N)ccc1-c1cnn([C@H]2CCOC2)c1. The minimum Gasteiger partial charge on any atom is -0.465 e. The summed E-state index contributed by atoms with van der Waals surface area (Å²) in [6.45, 7) is 1.43. The molecular formula is C15H17N3O3. The van der Waals surface area contributed by atoms with E-state index in [-0.39, 0.29) is 6.04 Å². The number of hydrogen-bond acceptors (Lipinski definition) is 5. The van der Waals surface area contributed by atoms with Crippen molar-refractivity contribution >= 4 is 11.7 Å². The van der Waals surface area contributed by atoms with Crippen LogP contribution in [0.4, 0.5) is 5.69 Å². The third kappa shape index (κ3) is 2.62. The lowest BCUT2D eigenvalue weighted by Crippen LogP contribution is -2.08. The molecule has 3 rings (SSSR count). The van der Waals surface area contributed by atoms with Crippen molar-refractivity contribution in [1.29, 1.82) is 0 Å². The average molecular weight is 287 g/mol. The molecule has 1 aromatic carbocycles. The fourth-order valence-corrected chi connectivity index (χ4v) is 2.50. The molecule has 0 radical (unpaired) electrons. The molecule has 2 heterocycles. The van der Waals surface area contributed by atoms with Crippen LogP contribution >= 0.6 is 0 Å². The van der Waals surface area contributed by atoms with Crippen LogP contribution in [0.15, 0.2) is 30.6 Å².